The number of fused-ring (bicyclic) bond motifs is 1. The van der Waals surface area contributed by atoms with Crippen LogP contribution in [-0.2, 0) is 23.0 Å². The van der Waals surface area contributed by atoms with Gasteiger partial charge in [0.2, 0.25) is 10.0 Å². The van der Waals surface area contributed by atoms with Gasteiger partial charge in [-0.3, -0.25) is 9.59 Å². The molecule has 0 atom stereocenters. The van der Waals surface area contributed by atoms with E-state index in [2.05, 4.69) is 30.5 Å². The number of hydrogen-bond donors (Lipinski definition) is 2. The Morgan fingerprint density at radius 2 is 1.88 bits per heavy atom. The van der Waals surface area contributed by atoms with Gasteiger partial charge in [-0.05, 0) is 55.0 Å². The summed E-state index contributed by atoms with van der Waals surface area (Å²) in [5, 5.41) is 0.758. The molecule has 0 aliphatic heterocycles. The van der Waals surface area contributed by atoms with Crippen molar-refractivity contribution in [1.82, 2.24) is 14.3 Å². The van der Waals surface area contributed by atoms with E-state index in [1.807, 2.05) is 29.7 Å². The predicted molar refractivity (Wildman–Crippen MR) is 128 cm³/mol. The minimum atomic E-state index is -3.79. The van der Waals surface area contributed by atoms with Crippen LogP contribution in [0.25, 0.3) is 22.0 Å². The van der Waals surface area contributed by atoms with Gasteiger partial charge in [-0.15, -0.1) is 0 Å². The SMILES string of the molecule is CCc1ccc2c(c1)c(-c1ccc[nH]c1=O)c(C(=O)NS(=O)(=O)CC)n2CCC(C)(C)C. The smallest absolute Gasteiger partial charge is 0.282 e. The normalized spacial score (nSPS) is 12.3. The number of pyridine rings is 1. The van der Waals surface area contributed by atoms with Crippen LogP contribution in [0.1, 0.15) is 57.1 Å². The topological polar surface area (TPSA) is 101 Å². The van der Waals surface area contributed by atoms with Gasteiger partial charge in [0.1, 0.15) is 5.69 Å². The van der Waals surface area contributed by atoms with Crippen molar-refractivity contribution >= 4 is 26.8 Å². The summed E-state index contributed by atoms with van der Waals surface area (Å²) in [5.74, 6) is -0.949. The first kappa shape index (κ1) is 23.8. The van der Waals surface area contributed by atoms with E-state index >= 15 is 0 Å². The van der Waals surface area contributed by atoms with E-state index in [1.165, 1.54) is 13.1 Å². The van der Waals surface area contributed by atoms with Crippen molar-refractivity contribution in [3.8, 4) is 11.1 Å². The number of sulfonamides is 1. The van der Waals surface area contributed by atoms with E-state index in [-0.39, 0.29) is 22.4 Å². The van der Waals surface area contributed by atoms with E-state index < -0.39 is 15.9 Å². The number of benzene rings is 1. The predicted octanol–water partition coefficient (Wildman–Crippen LogP) is 4.07. The minimum Gasteiger partial charge on any atom is -0.336 e. The molecule has 0 unspecified atom stereocenters. The lowest BCUT2D eigenvalue weighted by atomic mass is 9.92. The number of nitrogens with one attached hydrogen (secondary N) is 2. The van der Waals surface area contributed by atoms with Crippen molar-refractivity contribution in [3.63, 3.8) is 0 Å². The van der Waals surface area contributed by atoms with Gasteiger partial charge in [-0.25, -0.2) is 13.1 Å². The zero-order valence-corrected chi connectivity index (χ0v) is 20.1. The summed E-state index contributed by atoms with van der Waals surface area (Å²) < 4.78 is 28.5. The second-order valence-corrected chi connectivity index (χ2v) is 11.1. The molecule has 0 aliphatic carbocycles. The largest absolute Gasteiger partial charge is 0.336 e. The van der Waals surface area contributed by atoms with Gasteiger partial charge < -0.3 is 9.55 Å². The summed E-state index contributed by atoms with van der Waals surface area (Å²) in [6, 6.07) is 9.28. The van der Waals surface area contributed by atoms with E-state index in [0.717, 1.165) is 29.3 Å². The number of aromatic amines is 1. The number of carbonyl (C=O) groups is 1. The van der Waals surface area contributed by atoms with E-state index in [1.54, 1.807) is 12.1 Å². The van der Waals surface area contributed by atoms with Gasteiger partial charge >= 0.3 is 0 Å². The lowest BCUT2D eigenvalue weighted by molar-refractivity contribution is 0.0972. The molecule has 172 valence electrons. The second-order valence-electron chi connectivity index (χ2n) is 9.14. The highest BCUT2D eigenvalue weighted by Crippen LogP contribution is 2.35. The lowest BCUT2D eigenvalue weighted by Gasteiger charge is -2.20. The zero-order valence-electron chi connectivity index (χ0n) is 19.3. The van der Waals surface area contributed by atoms with Crippen LogP contribution < -0.4 is 10.3 Å². The maximum Gasteiger partial charge on any atom is 0.282 e. The average Bonchev–Trinajstić information content (AvgIpc) is 3.05. The number of amides is 1. The quantitative estimate of drug-likeness (QED) is 0.558. The maximum atomic E-state index is 13.4. The van der Waals surface area contributed by atoms with Gasteiger partial charge in [-0.1, -0.05) is 33.8 Å². The molecule has 0 aliphatic rings. The molecule has 7 nitrogen and oxygen atoms in total. The Morgan fingerprint density at radius 3 is 2.47 bits per heavy atom. The van der Waals surface area contributed by atoms with Gasteiger partial charge in [-0.2, -0.15) is 0 Å². The summed E-state index contributed by atoms with van der Waals surface area (Å²) in [6.07, 6.45) is 3.08. The molecule has 0 fully saturated rings. The standard InChI is InChI=1S/C24H31N3O4S/c1-6-16-10-11-19-18(15-16)20(17-9-8-13-25-22(17)28)21(23(29)26-32(30,31)7-2)27(19)14-12-24(3,4)5/h8-11,13,15H,6-7,12,14H2,1-5H3,(H,25,28)(H,26,29). The van der Waals surface area contributed by atoms with Crippen molar-refractivity contribution in [2.24, 2.45) is 5.41 Å². The zero-order chi connectivity index (χ0) is 23.7. The molecule has 1 amide bonds. The van der Waals surface area contributed by atoms with Gasteiger partial charge in [0.15, 0.2) is 0 Å². The highest BCUT2D eigenvalue weighted by atomic mass is 32.2. The van der Waals surface area contributed by atoms with Crippen LogP contribution in [0.5, 0.6) is 0 Å². The molecule has 0 bridgehead atoms. The molecule has 0 saturated carbocycles. The first-order valence-electron chi connectivity index (χ1n) is 10.9. The van der Waals surface area contributed by atoms with Gasteiger partial charge in [0.05, 0.1) is 5.75 Å². The number of hydrogen-bond acceptors (Lipinski definition) is 4. The van der Waals surface area contributed by atoms with Crippen LogP contribution in [-0.4, -0.2) is 29.6 Å². The fourth-order valence-corrected chi connectivity index (χ4v) is 4.21. The van der Waals surface area contributed by atoms with E-state index in [0.29, 0.717) is 17.7 Å². The fraction of sp³-hybridized carbons (Fsp3) is 0.417. The van der Waals surface area contributed by atoms with Crippen LogP contribution in [0, 0.1) is 5.41 Å². The number of rotatable bonds is 7. The van der Waals surface area contributed by atoms with Crippen LogP contribution in [0.15, 0.2) is 41.3 Å². The molecule has 2 N–H and O–H groups in total. The number of nitrogens with zero attached hydrogens (tertiary/aromatic N) is 1. The first-order valence-corrected chi connectivity index (χ1v) is 12.5. The lowest BCUT2D eigenvalue weighted by Crippen LogP contribution is -2.34. The second kappa shape index (κ2) is 8.94. The molecule has 0 radical (unpaired) electrons. The molecule has 2 aromatic heterocycles. The average molecular weight is 458 g/mol. The number of aromatic nitrogens is 2. The Kier molecular flexibility index (Phi) is 6.64. The number of H-pyrrole nitrogens is 1. The molecule has 3 rings (SSSR count). The summed E-state index contributed by atoms with van der Waals surface area (Å²) in [5.41, 5.74) is 2.49. The third-order valence-corrected chi connectivity index (χ3v) is 6.81. The van der Waals surface area contributed by atoms with Gasteiger partial charge in [0, 0.05) is 34.8 Å². The Bertz CT molecular complexity index is 1310. The summed E-state index contributed by atoms with van der Waals surface area (Å²) >= 11 is 0. The maximum absolute atomic E-state index is 13.4. The molecule has 0 spiro atoms. The molecular weight excluding hydrogens is 426 g/mol. The molecule has 1 aromatic carbocycles. The summed E-state index contributed by atoms with van der Waals surface area (Å²) in [4.78, 5) is 28.8. The molecule has 8 heteroatoms. The van der Waals surface area contributed by atoms with Crippen molar-refractivity contribution in [1.29, 1.82) is 0 Å². The molecule has 2 heterocycles. The van der Waals surface area contributed by atoms with E-state index in [9.17, 15) is 18.0 Å². The van der Waals surface area contributed by atoms with Crippen LogP contribution in [0.4, 0.5) is 0 Å². The fourth-order valence-electron chi connectivity index (χ4n) is 3.69. The van der Waals surface area contributed by atoms with Crippen molar-refractivity contribution in [2.75, 3.05) is 5.75 Å². The summed E-state index contributed by atoms with van der Waals surface area (Å²) in [6.45, 7) is 10.3. The van der Waals surface area contributed by atoms with Crippen LogP contribution in [0.3, 0.4) is 0 Å². The summed E-state index contributed by atoms with van der Waals surface area (Å²) in [7, 11) is -3.79. The Hall–Kier alpha value is -2.87. The highest BCUT2D eigenvalue weighted by Gasteiger charge is 2.28. The highest BCUT2D eigenvalue weighted by molar-refractivity contribution is 7.90. The Balaban J connectivity index is 2.39. The molecule has 3 aromatic rings. The first-order chi connectivity index (χ1) is 15.0. The monoisotopic (exact) mass is 457 g/mol. The number of aryl methyl sites for hydroxylation is 2. The Labute approximate surface area is 188 Å². The molecular formula is C24H31N3O4S. The van der Waals surface area contributed by atoms with Gasteiger partial charge in [0.25, 0.3) is 11.5 Å². The van der Waals surface area contributed by atoms with Crippen molar-refractivity contribution in [2.45, 2.75) is 54.0 Å². The molecule has 32 heavy (non-hydrogen) atoms. The van der Waals surface area contributed by atoms with Crippen molar-refractivity contribution < 1.29 is 13.2 Å². The van der Waals surface area contributed by atoms with Crippen molar-refractivity contribution in [3.05, 3.63) is 58.1 Å². The van der Waals surface area contributed by atoms with E-state index in [4.69, 9.17) is 0 Å². The third-order valence-electron chi connectivity index (χ3n) is 5.55. The molecule has 0 saturated heterocycles. The van der Waals surface area contributed by atoms with Crippen LogP contribution in [0.2, 0.25) is 0 Å². The Morgan fingerprint density at radius 1 is 1.16 bits per heavy atom. The van der Waals surface area contributed by atoms with Crippen LogP contribution >= 0.6 is 0 Å². The number of carbonyl (C=O) groups excluding carboxylic acids is 1. The minimum absolute atomic E-state index is 0.00637. The third kappa shape index (κ3) is 4.96.